The first kappa shape index (κ1) is 15.2. The van der Waals surface area contributed by atoms with Crippen LogP contribution in [0.4, 0.5) is 0 Å². The lowest BCUT2D eigenvalue weighted by molar-refractivity contribution is -0.0628. The minimum Gasteiger partial charge on any atom is -0.368 e. The number of likely N-dealkylation sites (tertiary alicyclic amines) is 1. The maximum absolute atomic E-state index is 12.8. The molecule has 3 aromatic rings. The van der Waals surface area contributed by atoms with Crippen molar-refractivity contribution in [2.24, 2.45) is 0 Å². The van der Waals surface area contributed by atoms with Crippen molar-refractivity contribution < 1.29 is 9.53 Å². The highest BCUT2D eigenvalue weighted by Crippen LogP contribution is 2.32. The molecule has 2 aliphatic heterocycles. The molecule has 2 aliphatic rings. The number of rotatable bonds is 2. The Hall–Kier alpha value is -2.10. The molecule has 128 valence electrons. The quantitative estimate of drug-likeness (QED) is 0.690. The summed E-state index contributed by atoms with van der Waals surface area (Å²) in [4.78, 5) is 20.3. The lowest BCUT2D eigenvalue weighted by atomic mass is 10.00. The highest BCUT2D eigenvalue weighted by molar-refractivity contribution is 7.20. The number of fused-ring (bicyclic) bond motifs is 3. The molecular formula is C16H15N5O2S2. The standard InChI is InChI=1S/C16H15N5O2S2/c22-16(11-9-25-15(18-11)14-2-1-5-24-14)20-4-3-12-13(7-20)23-8-10-6-17-19-21(10)12/h1-2,5-6,9,12-13H,3-4,7-8H2/t12-,13-/m0/s1. The van der Waals surface area contributed by atoms with Crippen molar-refractivity contribution in [1.29, 1.82) is 0 Å². The summed E-state index contributed by atoms with van der Waals surface area (Å²) in [6, 6.07) is 4.17. The van der Waals surface area contributed by atoms with Gasteiger partial charge in [0.05, 0.1) is 35.5 Å². The molecule has 5 heterocycles. The highest BCUT2D eigenvalue weighted by atomic mass is 32.1. The lowest BCUT2D eigenvalue weighted by Crippen LogP contribution is -2.50. The molecule has 0 unspecified atom stereocenters. The van der Waals surface area contributed by atoms with Crippen LogP contribution >= 0.6 is 22.7 Å². The van der Waals surface area contributed by atoms with Gasteiger partial charge in [-0.2, -0.15) is 0 Å². The van der Waals surface area contributed by atoms with E-state index in [4.69, 9.17) is 4.74 Å². The zero-order chi connectivity index (χ0) is 16.8. The van der Waals surface area contributed by atoms with Gasteiger partial charge in [0.1, 0.15) is 10.7 Å². The fourth-order valence-corrected chi connectivity index (χ4v) is 5.03. The van der Waals surface area contributed by atoms with E-state index in [1.807, 2.05) is 32.5 Å². The van der Waals surface area contributed by atoms with Gasteiger partial charge in [-0.25, -0.2) is 9.67 Å². The Morgan fingerprint density at radius 1 is 1.36 bits per heavy atom. The Balaban J connectivity index is 1.33. The fourth-order valence-electron chi connectivity index (χ4n) is 3.42. The number of carbonyl (C=O) groups is 1. The molecule has 25 heavy (non-hydrogen) atoms. The summed E-state index contributed by atoms with van der Waals surface area (Å²) in [5.41, 5.74) is 1.52. The van der Waals surface area contributed by atoms with E-state index in [0.29, 0.717) is 25.4 Å². The number of carbonyl (C=O) groups excluding carboxylic acids is 1. The molecule has 0 bridgehead atoms. The third kappa shape index (κ3) is 2.59. The second-order valence-electron chi connectivity index (χ2n) is 6.14. The largest absolute Gasteiger partial charge is 0.368 e. The van der Waals surface area contributed by atoms with E-state index in [9.17, 15) is 4.79 Å². The second-order valence-corrected chi connectivity index (χ2v) is 7.95. The number of thiophene rings is 1. The van der Waals surface area contributed by atoms with Crippen molar-refractivity contribution in [3.63, 3.8) is 0 Å². The number of ether oxygens (including phenoxy) is 1. The fraction of sp³-hybridized carbons (Fsp3) is 0.375. The Labute approximate surface area is 151 Å². The van der Waals surface area contributed by atoms with Crippen LogP contribution in [0.5, 0.6) is 0 Å². The average molecular weight is 373 g/mol. The number of aromatic nitrogens is 4. The van der Waals surface area contributed by atoms with Gasteiger partial charge in [-0.3, -0.25) is 4.79 Å². The number of piperidine rings is 1. The molecule has 0 aliphatic carbocycles. The maximum atomic E-state index is 12.8. The second kappa shape index (κ2) is 6.01. The van der Waals surface area contributed by atoms with E-state index in [2.05, 4.69) is 15.3 Å². The Bertz CT molecular complexity index is 903. The highest BCUT2D eigenvalue weighted by Gasteiger charge is 2.38. The molecule has 1 saturated heterocycles. The van der Waals surface area contributed by atoms with Gasteiger partial charge in [0.2, 0.25) is 0 Å². The van der Waals surface area contributed by atoms with Crippen LogP contribution < -0.4 is 0 Å². The van der Waals surface area contributed by atoms with Crippen molar-refractivity contribution in [3.8, 4) is 9.88 Å². The van der Waals surface area contributed by atoms with Crippen LogP contribution in [0.3, 0.4) is 0 Å². The zero-order valence-corrected chi connectivity index (χ0v) is 14.9. The molecule has 1 amide bonds. The van der Waals surface area contributed by atoms with Gasteiger partial charge < -0.3 is 9.64 Å². The molecule has 1 fully saturated rings. The lowest BCUT2D eigenvalue weighted by Gasteiger charge is -2.40. The van der Waals surface area contributed by atoms with Crippen LogP contribution in [0, 0.1) is 0 Å². The van der Waals surface area contributed by atoms with E-state index < -0.39 is 0 Å². The van der Waals surface area contributed by atoms with Crippen molar-refractivity contribution in [1.82, 2.24) is 24.9 Å². The summed E-state index contributed by atoms with van der Waals surface area (Å²) in [6.07, 6.45) is 2.52. The average Bonchev–Trinajstić information content (AvgIpc) is 3.41. The topological polar surface area (TPSA) is 73.1 Å². The number of amides is 1. The zero-order valence-electron chi connectivity index (χ0n) is 13.2. The van der Waals surface area contributed by atoms with Crippen molar-refractivity contribution in [3.05, 3.63) is 40.5 Å². The van der Waals surface area contributed by atoms with E-state index in [1.54, 1.807) is 17.5 Å². The van der Waals surface area contributed by atoms with Gasteiger partial charge in [-0.1, -0.05) is 11.3 Å². The van der Waals surface area contributed by atoms with Crippen LogP contribution in [0.25, 0.3) is 9.88 Å². The number of hydrogen-bond donors (Lipinski definition) is 0. The summed E-state index contributed by atoms with van der Waals surface area (Å²) in [6.45, 7) is 1.73. The van der Waals surface area contributed by atoms with Crippen molar-refractivity contribution >= 4 is 28.6 Å². The minimum absolute atomic E-state index is 0.0227. The van der Waals surface area contributed by atoms with Gasteiger partial charge in [0, 0.05) is 18.5 Å². The van der Waals surface area contributed by atoms with E-state index in [0.717, 1.165) is 22.0 Å². The summed E-state index contributed by atoms with van der Waals surface area (Å²) >= 11 is 3.15. The molecule has 7 nitrogen and oxygen atoms in total. The number of nitrogens with zero attached hydrogens (tertiary/aromatic N) is 5. The van der Waals surface area contributed by atoms with Crippen molar-refractivity contribution in [2.75, 3.05) is 13.1 Å². The number of thiazole rings is 1. The summed E-state index contributed by atoms with van der Waals surface area (Å²) in [5.74, 6) is -0.0227. The normalized spacial score (nSPS) is 22.5. The summed E-state index contributed by atoms with van der Waals surface area (Å²) in [7, 11) is 0. The first-order valence-electron chi connectivity index (χ1n) is 8.09. The van der Waals surface area contributed by atoms with Crippen LogP contribution in [-0.4, -0.2) is 50.0 Å². The number of hydrogen-bond acceptors (Lipinski definition) is 7. The Morgan fingerprint density at radius 3 is 3.20 bits per heavy atom. The first-order chi connectivity index (χ1) is 12.3. The third-order valence-electron chi connectivity index (χ3n) is 4.68. The Kier molecular flexibility index (Phi) is 3.65. The molecule has 0 radical (unpaired) electrons. The van der Waals surface area contributed by atoms with E-state index in [-0.39, 0.29) is 18.1 Å². The molecule has 0 aromatic carbocycles. The molecule has 2 atom stereocenters. The van der Waals surface area contributed by atoms with E-state index in [1.165, 1.54) is 11.3 Å². The van der Waals surface area contributed by atoms with Gasteiger partial charge in [0.25, 0.3) is 5.91 Å². The van der Waals surface area contributed by atoms with Crippen LogP contribution in [0.2, 0.25) is 0 Å². The molecule has 5 rings (SSSR count). The third-order valence-corrected chi connectivity index (χ3v) is 6.56. The van der Waals surface area contributed by atoms with Gasteiger partial charge in [-0.15, -0.1) is 27.8 Å². The van der Waals surface area contributed by atoms with Crippen LogP contribution in [-0.2, 0) is 11.3 Å². The van der Waals surface area contributed by atoms with Crippen molar-refractivity contribution in [2.45, 2.75) is 25.2 Å². The molecule has 3 aromatic heterocycles. The molecule has 0 saturated carbocycles. The summed E-state index contributed by atoms with van der Waals surface area (Å²) in [5, 5.41) is 12.9. The summed E-state index contributed by atoms with van der Waals surface area (Å²) < 4.78 is 7.89. The predicted octanol–water partition coefficient (Wildman–Crippen LogP) is 2.45. The molecule has 9 heteroatoms. The SMILES string of the molecule is O=C(c1csc(-c2cccs2)n1)N1CC[C@H]2[C@H](C1)OCc1cnnn12. The Morgan fingerprint density at radius 2 is 2.32 bits per heavy atom. The molecule has 0 N–H and O–H groups in total. The predicted molar refractivity (Wildman–Crippen MR) is 93.6 cm³/mol. The van der Waals surface area contributed by atoms with Gasteiger partial charge in [0.15, 0.2) is 0 Å². The van der Waals surface area contributed by atoms with E-state index >= 15 is 0 Å². The molecular weight excluding hydrogens is 358 g/mol. The van der Waals surface area contributed by atoms with Crippen LogP contribution in [0.15, 0.2) is 29.1 Å². The first-order valence-corrected chi connectivity index (χ1v) is 9.85. The smallest absolute Gasteiger partial charge is 0.273 e. The monoisotopic (exact) mass is 373 g/mol. The maximum Gasteiger partial charge on any atom is 0.273 e. The van der Waals surface area contributed by atoms with Crippen LogP contribution in [0.1, 0.15) is 28.6 Å². The minimum atomic E-state index is -0.0395. The van der Waals surface area contributed by atoms with Gasteiger partial charge in [-0.05, 0) is 17.9 Å². The van der Waals surface area contributed by atoms with Gasteiger partial charge >= 0.3 is 0 Å². The molecule has 0 spiro atoms.